The van der Waals surface area contributed by atoms with Gasteiger partial charge >= 0.3 is 0 Å². The minimum absolute atomic E-state index is 0.0493. The van der Waals surface area contributed by atoms with E-state index in [2.05, 4.69) is 46.8 Å². The van der Waals surface area contributed by atoms with Crippen LogP contribution in [0.15, 0.2) is 47.2 Å². The Hall–Kier alpha value is -3.20. The highest BCUT2D eigenvalue weighted by atomic mass is 79.9. The average molecular weight is 441 g/mol. The molecule has 9 heteroatoms. The van der Waals surface area contributed by atoms with Gasteiger partial charge in [-0.1, -0.05) is 0 Å². The number of ether oxygens (including phenoxy) is 1. The van der Waals surface area contributed by atoms with Crippen molar-refractivity contribution in [3.63, 3.8) is 0 Å². The predicted molar refractivity (Wildman–Crippen MR) is 110 cm³/mol. The van der Waals surface area contributed by atoms with Gasteiger partial charge in [0.25, 0.3) is 0 Å². The van der Waals surface area contributed by atoms with Crippen LogP contribution in [-0.2, 0) is 11.2 Å². The quantitative estimate of drug-likeness (QED) is 0.550. The fraction of sp³-hybridized carbons (Fsp3) is 0.158. The molecule has 3 N–H and O–H groups in total. The molecule has 1 amide bonds. The third kappa shape index (κ3) is 4.04. The van der Waals surface area contributed by atoms with E-state index in [1.54, 1.807) is 25.6 Å². The summed E-state index contributed by atoms with van der Waals surface area (Å²) < 4.78 is 5.79. The van der Waals surface area contributed by atoms with Gasteiger partial charge in [-0.05, 0) is 52.2 Å². The summed E-state index contributed by atoms with van der Waals surface area (Å²) in [5.41, 5.74) is 3.57. The summed E-state index contributed by atoms with van der Waals surface area (Å²) in [6.45, 7) is 0. The lowest BCUT2D eigenvalue weighted by atomic mass is 10.0. The zero-order valence-corrected chi connectivity index (χ0v) is 16.6. The van der Waals surface area contributed by atoms with Gasteiger partial charge in [-0.2, -0.15) is 4.98 Å². The van der Waals surface area contributed by atoms with Crippen LogP contribution in [0.2, 0.25) is 0 Å². The molecule has 1 aliphatic rings. The maximum Gasteiger partial charge on any atom is 0.229 e. The molecule has 0 saturated carbocycles. The second-order valence-corrected chi connectivity index (χ2v) is 7.00. The minimum Gasteiger partial charge on any atom is -0.481 e. The standard InChI is InChI=1S/C19H17BrN6O2/c1-28-17-7-4-13(9-21-17)23-18-14(20)10-22-19(26-18)24-12-3-5-15-11(8-12)2-6-16(27)25-15/h3-5,7-10H,2,6H2,1H3,(H,25,27)(H2,22,23,24,26). The van der Waals surface area contributed by atoms with E-state index in [0.717, 1.165) is 33.5 Å². The van der Waals surface area contributed by atoms with Crippen LogP contribution >= 0.6 is 15.9 Å². The zero-order chi connectivity index (χ0) is 19.5. The van der Waals surface area contributed by atoms with Gasteiger partial charge in [0.05, 0.1) is 23.5 Å². The Kier molecular flexibility index (Phi) is 5.07. The molecule has 0 spiro atoms. The molecule has 0 unspecified atom stereocenters. The number of pyridine rings is 1. The molecular weight excluding hydrogens is 424 g/mol. The fourth-order valence-corrected chi connectivity index (χ4v) is 3.11. The number of hydrogen-bond acceptors (Lipinski definition) is 7. The normalized spacial score (nSPS) is 12.7. The van der Waals surface area contributed by atoms with Gasteiger partial charge in [0.15, 0.2) is 0 Å². The fourth-order valence-electron chi connectivity index (χ4n) is 2.82. The second-order valence-electron chi connectivity index (χ2n) is 6.15. The maximum absolute atomic E-state index is 11.5. The summed E-state index contributed by atoms with van der Waals surface area (Å²) in [5, 5.41) is 9.28. The van der Waals surface area contributed by atoms with Gasteiger partial charge in [0.2, 0.25) is 17.7 Å². The third-order valence-corrected chi connectivity index (χ3v) is 4.79. The van der Waals surface area contributed by atoms with Crippen molar-refractivity contribution in [1.82, 2.24) is 15.0 Å². The lowest BCUT2D eigenvalue weighted by molar-refractivity contribution is -0.116. The van der Waals surface area contributed by atoms with E-state index in [-0.39, 0.29) is 5.91 Å². The number of nitrogens with zero attached hydrogens (tertiary/aromatic N) is 3. The van der Waals surface area contributed by atoms with Gasteiger partial charge in [0.1, 0.15) is 5.82 Å². The molecule has 0 saturated heterocycles. The summed E-state index contributed by atoms with van der Waals surface area (Å²) >= 11 is 3.46. The van der Waals surface area contributed by atoms with Crippen molar-refractivity contribution in [2.75, 3.05) is 23.1 Å². The highest BCUT2D eigenvalue weighted by Crippen LogP contribution is 2.28. The molecule has 4 rings (SSSR count). The Labute approximate surface area is 169 Å². The lowest BCUT2D eigenvalue weighted by Gasteiger charge is -2.18. The number of hydrogen-bond donors (Lipinski definition) is 3. The molecule has 2 aromatic heterocycles. The van der Waals surface area contributed by atoms with Gasteiger partial charge in [-0.15, -0.1) is 0 Å². The second kappa shape index (κ2) is 7.81. The number of halogens is 1. The van der Waals surface area contributed by atoms with E-state index < -0.39 is 0 Å². The topological polar surface area (TPSA) is 101 Å². The zero-order valence-electron chi connectivity index (χ0n) is 15.0. The summed E-state index contributed by atoms with van der Waals surface area (Å²) in [5.74, 6) is 1.65. The van der Waals surface area contributed by atoms with Crippen molar-refractivity contribution in [1.29, 1.82) is 0 Å². The molecule has 0 radical (unpaired) electrons. The lowest BCUT2D eigenvalue weighted by Crippen LogP contribution is -2.18. The Morgan fingerprint density at radius 2 is 1.93 bits per heavy atom. The molecule has 142 valence electrons. The first-order valence-electron chi connectivity index (χ1n) is 8.60. The van der Waals surface area contributed by atoms with E-state index in [9.17, 15) is 4.79 Å². The number of carbonyl (C=O) groups excluding carboxylic acids is 1. The number of nitrogens with one attached hydrogen (secondary N) is 3. The van der Waals surface area contributed by atoms with Crippen molar-refractivity contribution in [3.8, 4) is 5.88 Å². The summed E-state index contributed by atoms with van der Waals surface area (Å²) in [4.78, 5) is 24.5. The van der Waals surface area contributed by atoms with Crippen LogP contribution in [0.1, 0.15) is 12.0 Å². The molecule has 28 heavy (non-hydrogen) atoms. The number of methoxy groups -OCH3 is 1. The summed E-state index contributed by atoms with van der Waals surface area (Å²) in [7, 11) is 1.57. The van der Waals surface area contributed by atoms with E-state index in [1.807, 2.05) is 24.3 Å². The van der Waals surface area contributed by atoms with E-state index in [1.165, 1.54) is 0 Å². The van der Waals surface area contributed by atoms with Crippen molar-refractivity contribution >= 4 is 50.7 Å². The Bertz CT molecular complexity index is 1030. The van der Waals surface area contributed by atoms with Gasteiger partial charge < -0.3 is 20.7 Å². The molecule has 0 aliphatic carbocycles. The number of rotatable bonds is 5. The molecule has 1 aliphatic heterocycles. The molecule has 1 aromatic carbocycles. The Morgan fingerprint density at radius 1 is 1.07 bits per heavy atom. The highest BCUT2D eigenvalue weighted by molar-refractivity contribution is 9.10. The first kappa shape index (κ1) is 18.2. The van der Waals surface area contributed by atoms with Crippen LogP contribution < -0.4 is 20.7 Å². The summed E-state index contributed by atoms with van der Waals surface area (Å²) in [6, 6.07) is 9.39. The Morgan fingerprint density at radius 3 is 2.71 bits per heavy atom. The van der Waals surface area contributed by atoms with E-state index in [0.29, 0.717) is 24.1 Å². The molecular formula is C19H17BrN6O2. The van der Waals surface area contributed by atoms with Crippen LogP contribution in [-0.4, -0.2) is 28.0 Å². The number of amides is 1. The highest BCUT2D eigenvalue weighted by Gasteiger charge is 2.15. The number of benzene rings is 1. The van der Waals surface area contributed by atoms with Crippen LogP contribution in [0.4, 0.5) is 28.8 Å². The first-order chi connectivity index (χ1) is 13.6. The number of aryl methyl sites for hydroxylation is 1. The molecule has 0 fully saturated rings. The predicted octanol–water partition coefficient (Wildman–Crippen LogP) is 4.01. The maximum atomic E-state index is 11.5. The number of aromatic nitrogens is 3. The summed E-state index contributed by atoms with van der Waals surface area (Å²) in [6.07, 6.45) is 4.55. The molecule has 3 aromatic rings. The number of anilines is 5. The van der Waals surface area contributed by atoms with Crippen molar-refractivity contribution < 1.29 is 9.53 Å². The number of fused-ring (bicyclic) bond motifs is 1. The van der Waals surface area contributed by atoms with Gasteiger partial charge in [0, 0.05) is 30.1 Å². The Balaban J connectivity index is 1.52. The van der Waals surface area contributed by atoms with Crippen LogP contribution in [0.25, 0.3) is 0 Å². The van der Waals surface area contributed by atoms with Crippen LogP contribution in [0.5, 0.6) is 5.88 Å². The van der Waals surface area contributed by atoms with E-state index in [4.69, 9.17) is 4.74 Å². The van der Waals surface area contributed by atoms with Crippen molar-refractivity contribution in [2.24, 2.45) is 0 Å². The molecule has 0 atom stereocenters. The van der Waals surface area contributed by atoms with Crippen molar-refractivity contribution in [3.05, 3.63) is 52.8 Å². The monoisotopic (exact) mass is 440 g/mol. The van der Waals surface area contributed by atoms with Crippen LogP contribution in [0.3, 0.4) is 0 Å². The average Bonchev–Trinajstić information content (AvgIpc) is 2.71. The largest absolute Gasteiger partial charge is 0.481 e. The van der Waals surface area contributed by atoms with Gasteiger partial charge in [-0.25, -0.2) is 9.97 Å². The molecule has 3 heterocycles. The SMILES string of the molecule is COc1ccc(Nc2nc(Nc3ccc4c(c3)CCC(=O)N4)ncc2Br)cn1. The first-order valence-corrected chi connectivity index (χ1v) is 9.39. The smallest absolute Gasteiger partial charge is 0.229 e. The third-order valence-electron chi connectivity index (χ3n) is 4.21. The van der Waals surface area contributed by atoms with Crippen LogP contribution in [0, 0.1) is 0 Å². The number of carbonyl (C=O) groups is 1. The van der Waals surface area contributed by atoms with Crippen molar-refractivity contribution in [2.45, 2.75) is 12.8 Å². The van der Waals surface area contributed by atoms with E-state index >= 15 is 0 Å². The van der Waals surface area contributed by atoms with Gasteiger partial charge in [-0.3, -0.25) is 4.79 Å². The minimum atomic E-state index is 0.0493. The molecule has 0 bridgehead atoms. The molecule has 8 nitrogen and oxygen atoms in total.